The van der Waals surface area contributed by atoms with Gasteiger partial charge in [0, 0.05) is 13.1 Å². The van der Waals surface area contributed by atoms with Gasteiger partial charge in [0.1, 0.15) is 18.1 Å². The van der Waals surface area contributed by atoms with Crippen molar-refractivity contribution in [2.75, 3.05) is 13.1 Å². The number of rotatable bonds is 18. The number of nitrogens with one attached hydrogen (secondary N) is 3. The number of aliphatic imine (C=N–C) groups is 2. The number of hydrogen-bond donors (Lipinski definition) is 10. The number of guanidine groups is 2. The average Bonchev–Trinajstić information content (AvgIpc) is 2.83. The number of amides is 3. The minimum Gasteiger partial charge on any atom is -0.480 e. The summed E-state index contributed by atoms with van der Waals surface area (Å²) in [6.07, 6.45) is -0.134. The van der Waals surface area contributed by atoms with Crippen LogP contribution in [0.1, 0.15) is 52.9 Å². The van der Waals surface area contributed by atoms with Crippen molar-refractivity contribution < 1.29 is 29.4 Å². The van der Waals surface area contributed by atoms with E-state index < -0.39 is 54.0 Å². The first-order chi connectivity index (χ1) is 17.7. The summed E-state index contributed by atoms with van der Waals surface area (Å²) >= 11 is 0. The maximum atomic E-state index is 13.0. The van der Waals surface area contributed by atoms with Gasteiger partial charge in [-0.2, -0.15) is 0 Å². The molecular weight excluding hydrogens is 500 g/mol. The molecule has 0 radical (unpaired) electrons. The number of aliphatic carboxylic acids is 1. The molecule has 3 amide bonds. The predicted molar refractivity (Wildman–Crippen MR) is 142 cm³/mol. The Kier molecular flexibility index (Phi) is 16.0. The molecular formula is C22H44N10O6. The van der Waals surface area contributed by atoms with Crippen LogP contribution in [0.25, 0.3) is 0 Å². The highest BCUT2D eigenvalue weighted by atomic mass is 16.4. The molecule has 0 fully saturated rings. The minimum atomic E-state index is -1.42. The predicted octanol–water partition coefficient (Wildman–Crippen LogP) is -3.61. The van der Waals surface area contributed by atoms with Crippen LogP contribution in [0.5, 0.6) is 0 Å². The second-order valence-electron chi connectivity index (χ2n) is 9.00. The molecule has 0 bridgehead atoms. The van der Waals surface area contributed by atoms with Gasteiger partial charge in [-0.1, -0.05) is 20.3 Å². The zero-order valence-electron chi connectivity index (χ0n) is 22.2. The number of carbonyl (C=O) groups is 4. The van der Waals surface area contributed by atoms with Gasteiger partial charge in [-0.25, -0.2) is 4.79 Å². The van der Waals surface area contributed by atoms with E-state index in [-0.39, 0.29) is 56.6 Å². The fourth-order valence-corrected chi connectivity index (χ4v) is 3.23. The highest BCUT2D eigenvalue weighted by molar-refractivity contribution is 5.94. The van der Waals surface area contributed by atoms with Crippen LogP contribution in [0.15, 0.2) is 9.98 Å². The molecule has 0 saturated heterocycles. The zero-order valence-corrected chi connectivity index (χ0v) is 22.2. The third-order valence-corrected chi connectivity index (χ3v) is 5.76. The molecule has 0 heterocycles. The lowest BCUT2D eigenvalue weighted by Crippen LogP contribution is -2.60. The summed E-state index contributed by atoms with van der Waals surface area (Å²) in [6.45, 7) is 5.23. The molecule has 0 aromatic heterocycles. The fraction of sp³-hybridized carbons (Fsp3) is 0.727. The normalized spacial score (nSPS) is 15.5. The topological polar surface area (TPSA) is 300 Å². The van der Waals surface area contributed by atoms with Crippen LogP contribution in [0, 0.1) is 5.92 Å². The van der Waals surface area contributed by atoms with Crippen molar-refractivity contribution in [1.82, 2.24) is 16.0 Å². The van der Waals surface area contributed by atoms with Gasteiger partial charge >= 0.3 is 5.97 Å². The number of carbonyl (C=O) groups excluding carboxylic acids is 3. The van der Waals surface area contributed by atoms with E-state index >= 15 is 0 Å². The molecule has 6 unspecified atom stereocenters. The van der Waals surface area contributed by atoms with E-state index in [2.05, 4.69) is 25.9 Å². The van der Waals surface area contributed by atoms with Gasteiger partial charge in [0.05, 0.1) is 12.1 Å². The monoisotopic (exact) mass is 544 g/mol. The Morgan fingerprint density at radius 3 is 1.68 bits per heavy atom. The van der Waals surface area contributed by atoms with Crippen molar-refractivity contribution >= 4 is 35.6 Å². The summed E-state index contributed by atoms with van der Waals surface area (Å²) in [5, 5.41) is 27.0. The smallest absolute Gasteiger partial charge is 0.326 e. The number of aliphatic hydroxyl groups is 1. The number of nitrogens with zero attached hydrogens (tertiary/aromatic N) is 2. The highest BCUT2D eigenvalue weighted by Gasteiger charge is 2.33. The lowest BCUT2D eigenvalue weighted by molar-refractivity contribution is -0.142. The Hall–Kier alpha value is -3.66. The molecule has 15 N–H and O–H groups in total. The molecule has 0 aromatic carbocycles. The van der Waals surface area contributed by atoms with E-state index in [9.17, 15) is 29.4 Å². The van der Waals surface area contributed by atoms with Crippen LogP contribution in [0.3, 0.4) is 0 Å². The molecule has 0 aliphatic carbocycles. The molecule has 218 valence electrons. The summed E-state index contributed by atoms with van der Waals surface area (Å²) in [6, 6.07) is -4.84. The number of aliphatic hydroxyl groups excluding tert-OH is 1. The second-order valence-corrected chi connectivity index (χ2v) is 9.00. The Balaban J connectivity index is 5.60. The molecule has 6 atom stereocenters. The maximum Gasteiger partial charge on any atom is 0.326 e. The first-order valence-electron chi connectivity index (χ1n) is 12.4. The largest absolute Gasteiger partial charge is 0.480 e. The van der Waals surface area contributed by atoms with Crippen LogP contribution in [-0.2, 0) is 19.2 Å². The third kappa shape index (κ3) is 13.6. The lowest BCUT2D eigenvalue weighted by Gasteiger charge is -2.27. The number of nitrogens with two attached hydrogens (primary N) is 5. The highest BCUT2D eigenvalue weighted by Crippen LogP contribution is 2.08. The van der Waals surface area contributed by atoms with E-state index in [4.69, 9.17) is 28.7 Å². The summed E-state index contributed by atoms with van der Waals surface area (Å²) in [4.78, 5) is 57.8. The molecule has 0 aromatic rings. The Morgan fingerprint density at radius 2 is 1.26 bits per heavy atom. The quantitative estimate of drug-likeness (QED) is 0.0456. The van der Waals surface area contributed by atoms with Gasteiger partial charge in [-0.3, -0.25) is 24.4 Å². The first kappa shape index (κ1) is 34.3. The molecule has 0 rings (SSSR count). The molecule has 0 saturated carbocycles. The maximum absolute atomic E-state index is 13.0. The van der Waals surface area contributed by atoms with E-state index in [1.54, 1.807) is 6.92 Å². The van der Waals surface area contributed by atoms with Gasteiger partial charge in [0.2, 0.25) is 17.7 Å². The van der Waals surface area contributed by atoms with Crippen LogP contribution in [0.4, 0.5) is 0 Å². The second kappa shape index (κ2) is 17.7. The fourth-order valence-electron chi connectivity index (χ4n) is 3.23. The van der Waals surface area contributed by atoms with Gasteiger partial charge in [-0.15, -0.1) is 0 Å². The Labute approximate surface area is 222 Å². The van der Waals surface area contributed by atoms with Crippen molar-refractivity contribution in [1.29, 1.82) is 0 Å². The number of carboxylic acids is 1. The third-order valence-electron chi connectivity index (χ3n) is 5.76. The van der Waals surface area contributed by atoms with Crippen LogP contribution < -0.4 is 44.6 Å². The lowest BCUT2D eigenvalue weighted by atomic mass is 9.98. The molecule has 0 spiro atoms. The molecule has 0 aliphatic heterocycles. The molecule has 16 nitrogen and oxygen atoms in total. The standard InChI is InChI=1S/C22H44N10O6/c1-4-11(2)15(23)18(35)32-16(12(3)33)19(36)30-13(7-5-9-28-21(24)25)17(34)31-14(20(37)38)8-6-10-29-22(26)27/h11-16,33H,4-10,23H2,1-3H3,(H,30,36)(H,31,34)(H,32,35)(H,37,38)(H4,24,25,28)(H4,26,27,29). The summed E-state index contributed by atoms with van der Waals surface area (Å²) < 4.78 is 0. The van der Waals surface area contributed by atoms with E-state index in [0.717, 1.165) is 0 Å². The molecule has 16 heteroatoms. The SMILES string of the molecule is CCC(C)C(N)C(=O)NC(C(=O)NC(CCCN=C(N)N)C(=O)NC(CCCN=C(N)N)C(=O)O)C(C)O. The zero-order chi connectivity index (χ0) is 29.4. The first-order valence-corrected chi connectivity index (χ1v) is 12.4. The van der Waals surface area contributed by atoms with Gasteiger partial charge < -0.3 is 54.8 Å². The number of hydrogen-bond acceptors (Lipinski definition) is 8. The summed E-state index contributed by atoms with van der Waals surface area (Å²) in [5.41, 5.74) is 27.1. The Morgan fingerprint density at radius 1 is 0.789 bits per heavy atom. The van der Waals surface area contributed by atoms with Gasteiger partial charge in [0.15, 0.2) is 11.9 Å². The number of carboxylic acid groups (broad SMARTS) is 1. The van der Waals surface area contributed by atoms with Crippen molar-refractivity contribution in [3.05, 3.63) is 0 Å². The summed E-state index contributed by atoms with van der Waals surface area (Å²) in [5.74, 6) is -4.05. The van der Waals surface area contributed by atoms with Crippen LogP contribution in [-0.4, -0.2) is 89.2 Å². The minimum absolute atomic E-state index is 0.0202. The van der Waals surface area contributed by atoms with Crippen molar-refractivity contribution in [3.8, 4) is 0 Å². The van der Waals surface area contributed by atoms with E-state index in [1.165, 1.54) is 6.92 Å². The Bertz CT molecular complexity index is 842. The van der Waals surface area contributed by atoms with Crippen molar-refractivity contribution in [2.45, 2.75) is 83.1 Å². The van der Waals surface area contributed by atoms with Gasteiger partial charge in [-0.05, 0) is 38.5 Å². The van der Waals surface area contributed by atoms with E-state index in [0.29, 0.717) is 6.42 Å². The summed E-state index contributed by atoms with van der Waals surface area (Å²) in [7, 11) is 0. The van der Waals surface area contributed by atoms with E-state index in [1.807, 2.05) is 6.92 Å². The van der Waals surface area contributed by atoms with Crippen LogP contribution >= 0.6 is 0 Å². The van der Waals surface area contributed by atoms with Crippen molar-refractivity contribution in [2.24, 2.45) is 44.6 Å². The average molecular weight is 545 g/mol. The molecule has 0 aliphatic rings. The van der Waals surface area contributed by atoms with Crippen LogP contribution in [0.2, 0.25) is 0 Å². The molecule has 38 heavy (non-hydrogen) atoms. The van der Waals surface area contributed by atoms with Gasteiger partial charge in [0.25, 0.3) is 0 Å². The van der Waals surface area contributed by atoms with Crippen molar-refractivity contribution in [3.63, 3.8) is 0 Å².